The van der Waals surface area contributed by atoms with Gasteiger partial charge in [0.25, 0.3) is 0 Å². The average molecular weight is 967 g/mol. The topological polar surface area (TPSA) is 8.17 Å². The van der Waals surface area contributed by atoms with E-state index in [1.807, 2.05) is 0 Å². The standard InChI is InChI=1S/C74H50N2/c1-3-17-51(18-4-1)53-33-37-55(38-34-53)61-47-62(56-39-35-54(36-40-56)52-19-5-2-6-20-52)49-64(48-61)76-73-30-14-13-29-69(73)70-50-60(43-46-74(70)76)66-26-12-11-25-65(66)59-41-44-63(45-42-59)75(71-31-15-23-57-21-7-9-27-67(57)71)72-32-16-24-58-22-8-10-28-68(58)72/h1-50H. The molecule has 76 heavy (non-hydrogen) atoms. The average Bonchev–Trinajstić information content (AvgIpc) is 3.85. The minimum atomic E-state index is 1.10. The van der Waals surface area contributed by atoms with Crippen molar-refractivity contribution in [3.8, 4) is 72.4 Å². The van der Waals surface area contributed by atoms with E-state index in [4.69, 9.17) is 0 Å². The molecule has 1 aromatic heterocycles. The van der Waals surface area contributed by atoms with Gasteiger partial charge in [0.15, 0.2) is 0 Å². The summed E-state index contributed by atoms with van der Waals surface area (Å²) in [6, 6.07) is 111. The third-order valence-corrected chi connectivity index (χ3v) is 15.2. The Kier molecular flexibility index (Phi) is 11.2. The predicted molar refractivity (Wildman–Crippen MR) is 323 cm³/mol. The van der Waals surface area contributed by atoms with Crippen LogP contribution >= 0.6 is 0 Å². The second kappa shape index (κ2) is 19.1. The van der Waals surface area contributed by atoms with E-state index in [0.717, 1.165) is 33.8 Å². The van der Waals surface area contributed by atoms with Gasteiger partial charge >= 0.3 is 0 Å². The lowest BCUT2D eigenvalue weighted by Crippen LogP contribution is -2.11. The number of nitrogens with zero attached hydrogens (tertiary/aromatic N) is 2. The van der Waals surface area contributed by atoms with Gasteiger partial charge in [0, 0.05) is 32.9 Å². The van der Waals surface area contributed by atoms with E-state index in [1.54, 1.807) is 0 Å². The third kappa shape index (κ3) is 8.10. The van der Waals surface area contributed by atoms with Gasteiger partial charge in [-0.15, -0.1) is 0 Å². The van der Waals surface area contributed by atoms with Gasteiger partial charge < -0.3 is 9.47 Å². The number of para-hydroxylation sites is 1. The minimum Gasteiger partial charge on any atom is -0.309 e. The number of rotatable bonds is 10. The second-order valence-corrected chi connectivity index (χ2v) is 19.7. The zero-order valence-electron chi connectivity index (χ0n) is 41.8. The van der Waals surface area contributed by atoms with Crippen LogP contribution in [0.15, 0.2) is 303 Å². The Balaban J connectivity index is 0.871. The quantitative estimate of drug-likeness (QED) is 0.133. The van der Waals surface area contributed by atoms with Crippen LogP contribution in [0.3, 0.4) is 0 Å². The molecule has 356 valence electrons. The molecule has 1 heterocycles. The lowest BCUT2D eigenvalue weighted by molar-refractivity contribution is 1.18. The van der Waals surface area contributed by atoms with Crippen LogP contribution in [-0.2, 0) is 0 Å². The molecular formula is C74H50N2. The van der Waals surface area contributed by atoms with Crippen LogP contribution in [-0.4, -0.2) is 4.57 Å². The minimum absolute atomic E-state index is 1.10. The number of aromatic nitrogens is 1. The van der Waals surface area contributed by atoms with Crippen LogP contribution in [0, 0.1) is 0 Å². The molecule has 0 aliphatic carbocycles. The highest BCUT2D eigenvalue weighted by Crippen LogP contribution is 2.44. The first-order valence-electron chi connectivity index (χ1n) is 26.1. The Bertz CT molecular complexity index is 4230. The maximum absolute atomic E-state index is 2.46. The first kappa shape index (κ1) is 44.7. The molecule has 0 unspecified atom stereocenters. The van der Waals surface area contributed by atoms with Crippen molar-refractivity contribution in [2.45, 2.75) is 0 Å². The highest BCUT2D eigenvalue weighted by molar-refractivity contribution is 6.11. The highest BCUT2D eigenvalue weighted by atomic mass is 15.1. The highest BCUT2D eigenvalue weighted by Gasteiger charge is 2.20. The van der Waals surface area contributed by atoms with Crippen molar-refractivity contribution in [3.63, 3.8) is 0 Å². The largest absolute Gasteiger partial charge is 0.309 e. The van der Waals surface area contributed by atoms with Crippen molar-refractivity contribution < 1.29 is 0 Å². The Morgan fingerprint density at radius 2 is 0.618 bits per heavy atom. The fraction of sp³-hybridized carbons (Fsp3) is 0. The summed E-state index contributed by atoms with van der Waals surface area (Å²) in [5, 5.41) is 7.27. The van der Waals surface area contributed by atoms with Gasteiger partial charge in [0.05, 0.1) is 22.4 Å². The molecule has 0 atom stereocenters. The summed E-state index contributed by atoms with van der Waals surface area (Å²) in [7, 11) is 0. The molecule has 0 N–H and O–H groups in total. The second-order valence-electron chi connectivity index (χ2n) is 19.7. The number of hydrogen-bond acceptors (Lipinski definition) is 1. The smallest absolute Gasteiger partial charge is 0.0541 e. The van der Waals surface area contributed by atoms with Gasteiger partial charge in [-0.05, 0) is 138 Å². The number of anilines is 3. The van der Waals surface area contributed by atoms with Gasteiger partial charge in [0.1, 0.15) is 0 Å². The number of benzene rings is 13. The summed E-state index contributed by atoms with van der Waals surface area (Å²) in [6.45, 7) is 0. The molecule has 14 rings (SSSR count). The Labute approximate surface area is 443 Å². The molecule has 2 heteroatoms. The monoisotopic (exact) mass is 966 g/mol. The molecular weight excluding hydrogens is 917 g/mol. The molecule has 2 nitrogen and oxygen atoms in total. The molecule has 13 aromatic carbocycles. The molecule has 0 aliphatic rings. The van der Waals surface area contributed by atoms with Crippen LogP contribution < -0.4 is 4.90 Å². The molecule has 14 aromatic rings. The fourth-order valence-electron chi connectivity index (χ4n) is 11.5. The lowest BCUT2D eigenvalue weighted by atomic mass is 9.93. The summed E-state index contributed by atoms with van der Waals surface area (Å²) in [6.07, 6.45) is 0. The maximum atomic E-state index is 2.46. The number of hydrogen-bond donors (Lipinski definition) is 0. The zero-order chi connectivity index (χ0) is 50.4. The van der Waals surface area contributed by atoms with Crippen LogP contribution in [0.2, 0.25) is 0 Å². The van der Waals surface area contributed by atoms with Gasteiger partial charge in [-0.25, -0.2) is 0 Å². The van der Waals surface area contributed by atoms with Gasteiger partial charge in [-0.1, -0.05) is 243 Å². The molecule has 0 bridgehead atoms. The maximum Gasteiger partial charge on any atom is 0.0541 e. The first-order chi connectivity index (χ1) is 37.7. The van der Waals surface area contributed by atoms with E-state index < -0.39 is 0 Å². The van der Waals surface area contributed by atoms with Crippen molar-refractivity contribution in [1.29, 1.82) is 0 Å². The van der Waals surface area contributed by atoms with Gasteiger partial charge in [-0.2, -0.15) is 0 Å². The molecule has 0 fully saturated rings. The summed E-state index contributed by atoms with van der Waals surface area (Å²) >= 11 is 0. The predicted octanol–water partition coefficient (Wildman–Crippen LogP) is 20.6. The Hall–Kier alpha value is -10.0. The molecule has 0 radical (unpaired) electrons. The SMILES string of the molecule is c1ccc(-c2ccc(-c3cc(-c4ccc(-c5ccccc5)cc4)cc(-n4c5ccccc5c5cc(-c6ccccc6-c6ccc(N(c7cccc8ccccc78)c7cccc8ccccc78)cc6)ccc54)c3)cc2)cc1. The number of fused-ring (bicyclic) bond motifs is 5. The lowest BCUT2D eigenvalue weighted by Gasteiger charge is -2.28. The zero-order valence-corrected chi connectivity index (χ0v) is 41.8. The van der Waals surface area contributed by atoms with E-state index in [0.29, 0.717) is 0 Å². The van der Waals surface area contributed by atoms with Crippen molar-refractivity contribution in [2.75, 3.05) is 4.90 Å². The summed E-state index contributed by atoms with van der Waals surface area (Å²) < 4.78 is 2.46. The fourth-order valence-corrected chi connectivity index (χ4v) is 11.5. The Morgan fingerprint density at radius 1 is 0.224 bits per heavy atom. The van der Waals surface area contributed by atoms with E-state index in [9.17, 15) is 0 Å². The Morgan fingerprint density at radius 3 is 1.17 bits per heavy atom. The first-order valence-corrected chi connectivity index (χ1v) is 26.1. The van der Waals surface area contributed by atoms with Crippen LogP contribution in [0.25, 0.3) is 116 Å². The summed E-state index contributed by atoms with van der Waals surface area (Å²) in [4.78, 5) is 2.42. The normalized spacial score (nSPS) is 11.4. The molecule has 0 amide bonds. The van der Waals surface area contributed by atoms with E-state index in [2.05, 4.69) is 313 Å². The van der Waals surface area contributed by atoms with Crippen molar-refractivity contribution >= 4 is 60.4 Å². The summed E-state index contributed by atoms with van der Waals surface area (Å²) in [5.74, 6) is 0. The van der Waals surface area contributed by atoms with Crippen molar-refractivity contribution in [3.05, 3.63) is 303 Å². The van der Waals surface area contributed by atoms with Crippen LogP contribution in [0.1, 0.15) is 0 Å². The van der Waals surface area contributed by atoms with E-state index >= 15 is 0 Å². The molecule has 0 saturated heterocycles. The third-order valence-electron chi connectivity index (χ3n) is 15.2. The van der Waals surface area contributed by atoms with E-state index in [1.165, 1.54) is 99.0 Å². The van der Waals surface area contributed by atoms with Gasteiger partial charge in [-0.3, -0.25) is 0 Å². The summed E-state index contributed by atoms with van der Waals surface area (Å²) in [5.41, 5.74) is 21.1. The van der Waals surface area contributed by atoms with Crippen molar-refractivity contribution in [1.82, 2.24) is 4.57 Å². The van der Waals surface area contributed by atoms with Gasteiger partial charge in [0.2, 0.25) is 0 Å². The van der Waals surface area contributed by atoms with Crippen LogP contribution in [0.5, 0.6) is 0 Å². The molecule has 0 aliphatic heterocycles. The van der Waals surface area contributed by atoms with E-state index in [-0.39, 0.29) is 0 Å². The van der Waals surface area contributed by atoms with Crippen molar-refractivity contribution in [2.24, 2.45) is 0 Å². The van der Waals surface area contributed by atoms with Crippen LogP contribution in [0.4, 0.5) is 17.1 Å². The molecule has 0 spiro atoms. The molecule has 0 saturated carbocycles.